The van der Waals surface area contributed by atoms with Crippen molar-refractivity contribution < 1.29 is 4.79 Å². The number of carbonyl (C=O) groups is 1. The molecule has 0 aromatic carbocycles. The van der Waals surface area contributed by atoms with Crippen LogP contribution in [0.1, 0.15) is 34.6 Å². The number of rotatable bonds is 3. The molecule has 1 N–H and O–H groups in total. The van der Waals surface area contributed by atoms with Crippen molar-refractivity contribution in [3.8, 4) is 0 Å². The summed E-state index contributed by atoms with van der Waals surface area (Å²) in [4.78, 5) is 16.3. The summed E-state index contributed by atoms with van der Waals surface area (Å²) in [5.41, 5.74) is 0.242. The van der Waals surface area contributed by atoms with E-state index >= 15 is 0 Å². The molecule has 0 radical (unpaired) electrons. The van der Waals surface area contributed by atoms with E-state index in [4.69, 9.17) is 0 Å². The molecule has 1 amide bonds. The van der Waals surface area contributed by atoms with Crippen LogP contribution < -0.4 is 5.32 Å². The molecule has 4 heteroatoms. The SMILES string of the molecule is CC(C)NC(=O)CN1CCN(C(C)(C)C)CC1. The zero-order chi connectivity index (χ0) is 13.1. The number of nitrogens with one attached hydrogen (secondary N) is 1. The summed E-state index contributed by atoms with van der Waals surface area (Å²) in [7, 11) is 0. The lowest BCUT2D eigenvalue weighted by Gasteiger charge is -2.42. The molecule has 0 atom stereocenters. The predicted molar refractivity (Wildman–Crippen MR) is 71.0 cm³/mol. The molecular formula is C13H27N3O. The van der Waals surface area contributed by atoms with E-state index in [-0.39, 0.29) is 17.5 Å². The van der Waals surface area contributed by atoms with Crippen LogP contribution in [0.5, 0.6) is 0 Å². The quantitative estimate of drug-likeness (QED) is 0.798. The Labute approximate surface area is 105 Å². The summed E-state index contributed by atoms with van der Waals surface area (Å²) in [6.45, 7) is 15.3. The summed E-state index contributed by atoms with van der Waals surface area (Å²) < 4.78 is 0. The summed E-state index contributed by atoms with van der Waals surface area (Å²) >= 11 is 0. The minimum absolute atomic E-state index is 0.143. The fourth-order valence-corrected chi connectivity index (χ4v) is 2.15. The van der Waals surface area contributed by atoms with E-state index < -0.39 is 0 Å². The standard InChI is InChI=1S/C13H27N3O/c1-11(2)14-12(17)10-15-6-8-16(9-7-15)13(3,4)5/h11H,6-10H2,1-5H3,(H,14,17). The van der Waals surface area contributed by atoms with E-state index in [0.717, 1.165) is 26.2 Å². The highest BCUT2D eigenvalue weighted by Gasteiger charge is 2.26. The van der Waals surface area contributed by atoms with Crippen molar-refractivity contribution >= 4 is 5.91 Å². The molecule has 0 bridgehead atoms. The van der Waals surface area contributed by atoms with E-state index in [2.05, 4.69) is 35.9 Å². The molecule has 1 aliphatic heterocycles. The first-order valence-corrected chi connectivity index (χ1v) is 6.56. The maximum atomic E-state index is 11.6. The first-order chi connectivity index (χ1) is 7.79. The van der Waals surface area contributed by atoms with Gasteiger partial charge in [-0.2, -0.15) is 0 Å². The van der Waals surface area contributed by atoms with Gasteiger partial charge in [0.05, 0.1) is 6.54 Å². The van der Waals surface area contributed by atoms with Crippen molar-refractivity contribution in [3.63, 3.8) is 0 Å². The molecule has 0 spiro atoms. The van der Waals surface area contributed by atoms with Gasteiger partial charge in [-0.1, -0.05) is 0 Å². The zero-order valence-electron chi connectivity index (χ0n) is 11.9. The molecule has 1 aliphatic rings. The van der Waals surface area contributed by atoms with Gasteiger partial charge in [0.15, 0.2) is 0 Å². The van der Waals surface area contributed by atoms with Crippen molar-refractivity contribution in [2.45, 2.75) is 46.2 Å². The maximum absolute atomic E-state index is 11.6. The van der Waals surface area contributed by atoms with Crippen molar-refractivity contribution in [3.05, 3.63) is 0 Å². The molecule has 0 saturated carbocycles. The largest absolute Gasteiger partial charge is 0.353 e. The lowest BCUT2D eigenvalue weighted by atomic mass is 10.1. The summed E-state index contributed by atoms with van der Waals surface area (Å²) in [5, 5.41) is 2.94. The molecular weight excluding hydrogens is 214 g/mol. The van der Waals surface area contributed by atoms with Crippen molar-refractivity contribution in [1.29, 1.82) is 0 Å². The summed E-state index contributed by atoms with van der Waals surface area (Å²) in [5.74, 6) is 0.143. The Bertz CT molecular complexity index is 250. The Balaban J connectivity index is 2.30. The van der Waals surface area contributed by atoms with Crippen LogP contribution >= 0.6 is 0 Å². The molecule has 0 aromatic rings. The first-order valence-electron chi connectivity index (χ1n) is 6.56. The molecule has 4 nitrogen and oxygen atoms in total. The minimum Gasteiger partial charge on any atom is -0.353 e. The average Bonchev–Trinajstić information content (AvgIpc) is 2.15. The monoisotopic (exact) mass is 241 g/mol. The lowest BCUT2D eigenvalue weighted by molar-refractivity contribution is -0.123. The Morgan fingerprint density at radius 2 is 1.71 bits per heavy atom. The first kappa shape index (κ1) is 14.5. The Kier molecular flexibility index (Phi) is 4.95. The average molecular weight is 241 g/mol. The van der Waals surface area contributed by atoms with Crippen LogP contribution in [0.4, 0.5) is 0 Å². The van der Waals surface area contributed by atoms with Gasteiger partial charge in [0.2, 0.25) is 5.91 Å². The number of hydrogen-bond donors (Lipinski definition) is 1. The second-order valence-electron chi connectivity index (χ2n) is 6.16. The van der Waals surface area contributed by atoms with E-state index in [1.807, 2.05) is 13.8 Å². The highest BCUT2D eigenvalue weighted by Crippen LogP contribution is 2.15. The van der Waals surface area contributed by atoms with Crippen LogP contribution in [0.2, 0.25) is 0 Å². The van der Waals surface area contributed by atoms with Crippen LogP contribution in [0.25, 0.3) is 0 Å². The van der Waals surface area contributed by atoms with Gasteiger partial charge in [-0.25, -0.2) is 0 Å². The molecule has 0 aliphatic carbocycles. The van der Waals surface area contributed by atoms with Crippen LogP contribution in [0.15, 0.2) is 0 Å². The smallest absolute Gasteiger partial charge is 0.234 e. The van der Waals surface area contributed by atoms with Gasteiger partial charge in [-0.3, -0.25) is 14.6 Å². The van der Waals surface area contributed by atoms with Crippen molar-refractivity contribution in [2.75, 3.05) is 32.7 Å². The van der Waals surface area contributed by atoms with Gasteiger partial charge in [0.25, 0.3) is 0 Å². The Morgan fingerprint density at radius 3 is 2.12 bits per heavy atom. The third-order valence-corrected chi connectivity index (χ3v) is 3.14. The van der Waals surface area contributed by atoms with E-state index in [0.29, 0.717) is 6.54 Å². The van der Waals surface area contributed by atoms with Crippen LogP contribution in [-0.4, -0.2) is 60.0 Å². The Hall–Kier alpha value is -0.610. The van der Waals surface area contributed by atoms with Crippen molar-refractivity contribution in [1.82, 2.24) is 15.1 Å². The van der Waals surface area contributed by atoms with Gasteiger partial charge in [-0.05, 0) is 34.6 Å². The fourth-order valence-electron chi connectivity index (χ4n) is 2.15. The maximum Gasteiger partial charge on any atom is 0.234 e. The molecule has 1 rings (SSSR count). The second-order valence-corrected chi connectivity index (χ2v) is 6.16. The molecule has 17 heavy (non-hydrogen) atoms. The second kappa shape index (κ2) is 5.83. The number of hydrogen-bond acceptors (Lipinski definition) is 3. The lowest BCUT2D eigenvalue weighted by Crippen LogP contribution is -2.55. The molecule has 0 aromatic heterocycles. The van der Waals surface area contributed by atoms with Gasteiger partial charge in [-0.15, -0.1) is 0 Å². The van der Waals surface area contributed by atoms with Gasteiger partial charge >= 0.3 is 0 Å². The summed E-state index contributed by atoms with van der Waals surface area (Å²) in [6.07, 6.45) is 0. The van der Waals surface area contributed by atoms with Gasteiger partial charge in [0, 0.05) is 37.8 Å². The molecule has 100 valence electrons. The number of amides is 1. The fraction of sp³-hybridized carbons (Fsp3) is 0.923. The normalized spacial score (nSPS) is 19.6. The molecule has 0 unspecified atom stereocenters. The third kappa shape index (κ3) is 5.04. The highest BCUT2D eigenvalue weighted by molar-refractivity contribution is 5.78. The van der Waals surface area contributed by atoms with Crippen LogP contribution in [-0.2, 0) is 4.79 Å². The molecule has 1 fully saturated rings. The van der Waals surface area contributed by atoms with E-state index in [1.54, 1.807) is 0 Å². The van der Waals surface area contributed by atoms with Crippen molar-refractivity contribution in [2.24, 2.45) is 0 Å². The topological polar surface area (TPSA) is 35.6 Å². The third-order valence-electron chi connectivity index (χ3n) is 3.14. The molecule has 1 heterocycles. The zero-order valence-corrected chi connectivity index (χ0v) is 11.9. The van der Waals surface area contributed by atoms with E-state index in [1.165, 1.54) is 0 Å². The van der Waals surface area contributed by atoms with E-state index in [9.17, 15) is 4.79 Å². The summed E-state index contributed by atoms with van der Waals surface area (Å²) in [6, 6.07) is 0.235. The minimum atomic E-state index is 0.143. The molecule has 1 saturated heterocycles. The number of nitrogens with zero attached hydrogens (tertiary/aromatic N) is 2. The predicted octanol–water partition coefficient (Wildman–Crippen LogP) is 0.927. The highest BCUT2D eigenvalue weighted by atomic mass is 16.2. The number of piperazine rings is 1. The number of carbonyl (C=O) groups excluding carboxylic acids is 1. The van der Waals surface area contributed by atoms with Crippen LogP contribution in [0, 0.1) is 0 Å². The Morgan fingerprint density at radius 1 is 1.18 bits per heavy atom. The van der Waals surface area contributed by atoms with Crippen LogP contribution in [0.3, 0.4) is 0 Å². The van der Waals surface area contributed by atoms with Gasteiger partial charge < -0.3 is 5.32 Å². The van der Waals surface area contributed by atoms with Gasteiger partial charge in [0.1, 0.15) is 0 Å².